The van der Waals surface area contributed by atoms with E-state index in [1.54, 1.807) is 6.92 Å². The lowest BCUT2D eigenvalue weighted by Crippen LogP contribution is -2.49. The van der Waals surface area contributed by atoms with E-state index in [1.807, 2.05) is 42.3 Å². The fourth-order valence-electron chi connectivity index (χ4n) is 3.59. The number of H-pyrrole nitrogens is 1. The van der Waals surface area contributed by atoms with E-state index >= 15 is 0 Å². The summed E-state index contributed by atoms with van der Waals surface area (Å²) in [6.45, 7) is 5.18. The van der Waals surface area contributed by atoms with Crippen LogP contribution in [0.15, 0.2) is 30.5 Å². The van der Waals surface area contributed by atoms with Crippen LogP contribution in [0, 0.1) is 5.92 Å². The number of nitrogens with zero attached hydrogens (tertiary/aromatic N) is 1. The van der Waals surface area contributed by atoms with Crippen molar-refractivity contribution in [2.75, 3.05) is 13.1 Å². The predicted molar refractivity (Wildman–Crippen MR) is 98.2 cm³/mol. The van der Waals surface area contributed by atoms with Crippen molar-refractivity contribution in [3.8, 4) is 0 Å². The molecular weight excluding hydrogens is 316 g/mol. The van der Waals surface area contributed by atoms with Gasteiger partial charge in [0.1, 0.15) is 0 Å². The van der Waals surface area contributed by atoms with Gasteiger partial charge in [-0.05, 0) is 50.8 Å². The van der Waals surface area contributed by atoms with Crippen molar-refractivity contribution in [1.82, 2.24) is 15.2 Å². The number of likely N-dealkylation sites (tertiary alicyclic amines) is 1. The number of piperidine rings is 1. The van der Waals surface area contributed by atoms with Gasteiger partial charge in [0.2, 0.25) is 5.91 Å². The number of benzene rings is 1. The van der Waals surface area contributed by atoms with Crippen LogP contribution in [0.25, 0.3) is 10.9 Å². The van der Waals surface area contributed by atoms with E-state index in [2.05, 4.69) is 10.3 Å². The monoisotopic (exact) mass is 342 g/mol. The Labute approximate surface area is 147 Å². The first-order valence-corrected chi connectivity index (χ1v) is 8.88. The van der Waals surface area contributed by atoms with Crippen LogP contribution in [0.4, 0.5) is 0 Å². The number of aromatic amines is 1. The molecule has 0 radical (unpaired) electrons. The minimum atomic E-state index is -0.449. The van der Waals surface area contributed by atoms with Crippen LogP contribution in [-0.4, -0.2) is 46.9 Å². The lowest BCUT2D eigenvalue weighted by molar-refractivity contribution is -0.133. The fourth-order valence-corrected chi connectivity index (χ4v) is 3.59. The summed E-state index contributed by atoms with van der Waals surface area (Å²) in [7, 11) is 0. The lowest BCUT2D eigenvalue weighted by atomic mass is 9.90. The van der Waals surface area contributed by atoms with Crippen LogP contribution in [0.3, 0.4) is 0 Å². The number of nitrogens with one attached hydrogen (secondary N) is 2. The van der Waals surface area contributed by atoms with E-state index in [1.165, 1.54) is 0 Å². The van der Waals surface area contributed by atoms with Gasteiger partial charge in [0, 0.05) is 41.8 Å². The van der Waals surface area contributed by atoms with Crippen LogP contribution in [0.5, 0.6) is 0 Å². The molecule has 0 bridgehead atoms. The van der Waals surface area contributed by atoms with Gasteiger partial charge in [0.15, 0.2) is 0 Å². The first kappa shape index (κ1) is 17.5. The minimum absolute atomic E-state index is 0.00859. The SMILES string of the molecule is CC(NC(=O)c1cccc2[nH]ccc12)C1CCN(C(=O)[C@H](C)N)CC1. The van der Waals surface area contributed by atoms with E-state index in [9.17, 15) is 9.59 Å². The number of carbonyl (C=O) groups excluding carboxylic acids is 2. The molecule has 2 heterocycles. The first-order valence-electron chi connectivity index (χ1n) is 8.88. The quantitative estimate of drug-likeness (QED) is 0.792. The average Bonchev–Trinajstić information content (AvgIpc) is 3.09. The molecule has 25 heavy (non-hydrogen) atoms. The molecule has 1 aromatic heterocycles. The molecule has 4 N–H and O–H groups in total. The third kappa shape index (κ3) is 3.69. The van der Waals surface area contributed by atoms with E-state index in [0.29, 0.717) is 24.6 Å². The highest BCUT2D eigenvalue weighted by atomic mass is 16.2. The Bertz CT molecular complexity index is 760. The molecule has 1 fully saturated rings. The Morgan fingerprint density at radius 3 is 2.64 bits per heavy atom. The maximum Gasteiger partial charge on any atom is 0.252 e. The molecule has 134 valence electrons. The molecule has 1 saturated heterocycles. The molecule has 6 nitrogen and oxygen atoms in total. The number of amides is 2. The second kappa shape index (κ2) is 7.27. The van der Waals surface area contributed by atoms with Crippen molar-refractivity contribution >= 4 is 22.7 Å². The summed E-state index contributed by atoms with van der Waals surface area (Å²) in [6, 6.07) is 7.23. The van der Waals surface area contributed by atoms with Crippen LogP contribution in [0.2, 0.25) is 0 Å². The Kier molecular flexibility index (Phi) is 5.08. The molecule has 3 rings (SSSR count). The van der Waals surface area contributed by atoms with Crippen molar-refractivity contribution in [3.05, 3.63) is 36.0 Å². The highest BCUT2D eigenvalue weighted by Gasteiger charge is 2.28. The predicted octanol–water partition coefficient (Wildman–Crippen LogP) is 1.87. The molecule has 0 saturated carbocycles. The number of aromatic nitrogens is 1. The van der Waals surface area contributed by atoms with Crippen LogP contribution < -0.4 is 11.1 Å². The summed E-state index contributed by atoms with van der Waals surface area (Å²) in [5, 5.41) is 4.07. The summed E-state index contributed by atoms with van der Waals surface area (Å²) in [6.07, 6.45) is 3.61. The van der Waals surface area contributed by atoms with Gasteiger partial charge in [0.05, 0.1) is 6.04 Å². The largest absolute Gasteiger partial charge is 0.361 e. The Hall–Kier alpha value is -2.34. The Morgan fingerprint density at radius 2 is 1.96 bits per heavy atom. The highest BCUT2D eigenvalue weighted by molar-refractivity contribution is 6.06. The first-order chi connectivity index (χ1) is 12.0. The molecule has 2 amide bonds. The standard InChI is InChI=1S/C19H26N4O2/c1-12(20)19(25)23-10-7-14(8-11-23)13(2)22-18(24)16-4-3-5-17-15(16)6-9-21-17/h3-6,9,12-14,21H,7-8,10-11,20H2,1-2H3,(H,22,24)/t12-,13?/m0/s1. The van der Waals surface area contributed by atoms with Gasteiger partial charge in [-0.25, -0.2) is 0 Å². The van der Waals surface area contributed by atoms with Crippen molar-refractivity contribution in [2.24, 2.45) is 11.7 Å². The van der Waals surface area contributed by atoms with Crippen molar-refractivity contribution in [1.29, 1.82) is 0 Å². The van der Waals surface area contributed by atoms with Gasteiger partial charge in [-0.15, -0.1) is 0 Å². The molecule has 6 heteroatoms. The topological polar surface area (TPSA) is 91.2 Å². The summed E-state index contributed by atoms with van der Waals surface area (Å²) in [5.41, 5.74) is 7.33. The molecule has 2 aromatic rings. The summed E-state index contributed by atoms with van der Waals surface area (Å²) in [4.78, 5) is 29.6. The molecule has 0 spiro atoms. The second-order valence-electron chi connectivity index (χ2n) is 6.96. The third-order valence-corrected chi connectivity index (χ3v) is 5.15. The summed E-state index contributed by atoms with van der Waals surface area (Å²) in [5.74, 6) is 0.326. The Balaban J connectivity index is 1.60. The van der Waals surface area contributed by atoms with Gasteiger partial charge in [-0.3, -0.25) is 9.59 Å². The molecule has 1 aromatic carbocycles. The van der Waals surface area contributed by atoms with Gasteiger partial charge < -0.3 is 20.9 Å². The van der Waals surface area contributed by atoms with Crippen molar-refractivity contribution < 1.29 is 9.59 Å². The molecule has 1 aliphatic rings. The van der Waals surface area contributed by atoms with Crippen LogP contribution in [0.1, 0.15) is 37.0 Å². The fraction of sp³-hybridized carbons (Fsp3) is 0.474. The number of nitrogens with two attached hydrogens (primary N) is 1. The second-order valence-corrected chi connectivity index (χ2v) is 6.96. The van der Waals surface area contributed by atoms with Crippen molar-refractivity contribution in [2.45, 2.75) is 38.8 Å². The maximum absolute atomic E-state index is 12.7. The van der Waals surface area contributed by atoms with Crippen LogP contribution >= 0.6 is 0 Å². The highest BCUT2D eigenvalue weighted by Crippen LogP contribution is 2.22. The third-order valence-electron chi connectivity index (χ3n) is 5.15. The number of rotatable bonds is 4. The van der Waals surface area contributed by atoms with Gasteiger partial charge in [0.25, 0.3) is 5.91 Å². The zero-order chi connectivity index (χ0) is 18.0. The van der Waals surface area contributed by atoms with Gasteiger partial charge >= 0.3 is 0 Å². The average molecular weight is 342 g/mol. The number of fused-ring (bicyclic) bond motifs is 1. The van der Waals surface area contributed by atoms with E-state index in [0.717, 1.165) is 23.7 Å². The zero-order valence-corrected chi connectivity index (χ0v) is 14.8. The summed E-state index contributed by atoms with van der Waals surface area (Å²) < 4.78 is 0. The van der Waals surface area contributed by atoms with E-state index in [4.69, 9.17) is 5.73 Å². The summed E-state index contributed by atoms with van der Waals surface area (Å²) >= 11 is 0. The van der Waals surface area contributed by atoms with Gasteiger partial charge in [-0.2, -0.15) is 0 Å². The molecule has 1 aliphatic heterocycles. The molecule has 1 unspecified atom stereocenters. The normalized spacial score (nSPS) is 18.1. The van der Waals surface area contributed by atoms with Crippen LogP contribution in [-0.2, 0) is 4.79 Å². The van der Waals surface area contributed by atoms with Gasteiger partial charge in [-0.1, -0.05) is 6.07 Å². The Morgan fingerprint density at radius 1 is 1.24 bits per heavy atom. The molecule has 0 aliphatic carbocycles. The maximum atomic E-state index is 12.7. The lowest BCUT2D eigenvalue weighted by Gasteiger charge is -2.35. The smallest absolute Gasteiger partial charge is 0.252 e. The van der Waals surface area contributed by atoms with E-state index in [-0.39, 0.29) is 17.9 Å². The number of hydrogen-bond acceptors (Lipinski definition) is 3. The minimum Gasteiger partial charge on any atom is -0.361 e. The number of carbonyl (C=O) groups is 2. The van der Waals surface area contributed by atoms with E-state index < -0.39 is 6.04 Å². The molecule has 2 atom stereocenters. The van der Waals surface area contributed by atoms with Crippen molar-refractivity contribution in [3.63, 3.8) is 0 Å². The molecular formula is C19H26N4O2. The number of hydrogen-bond donors (Lipinski definition) is 3. The zero-order valence-electron chi connectivity index (χ0n) is 14.8.